The molecule has 0 unspecified atom stereocenters. The second kappa shape index (κ2) is 6.87. The molecule has 0 bridgehead atoms. The largest absolute Gasteiger partial charge is 0.416 e. The van der Waals surface area contributed by atoms with Crippen LogP contribution in [0.1, 0.15) is 18.4 Å². The average molecular weight is 432 g/mol. The standard InChI is InChI=1S/C21H19F3N4OS/c22-21(23,24)13-2-1-3-14(6-13)26-19(29)27-15-8-20(9-15)11-28(12-20)16-7-18-17(25-10-16)4-5-30-18/h1-7,10,15H,8-9,11-12H2,(H2,26,27,29). The molecule has 156 valence electrons. The molecule has 3 aromatic rings. The number of benzene rings is 1. The third kappa shape index (κ3) is 3.58. The lowest BCUT2D eigenvalue weighted by Crippen LogP contribution is -2.67. The SMILES string of the molecule is O=C(Nc1cccc(C(F)(F)F)c1)NC1CC2(C1)CN(c1cnc3ccsc3c1)C2. The maximum Gasteiger partial charge on any atom is 0.416 e. The summed E-state index contributed by atoms with van der Waals surface area (Å²) in [5.74, 6) is 0. The topological polar surface area (TPSA) is 57.3 Å². The number of nitrogens with zero attached hydrogens (tertiary/aromatic N) is 2. The number of urea groups is 1. The zero-order chi connectivity index (χ0) is 20.9. The molecule has 3 heterocycles. The molecule has 1 aliphatic carbocycles. The Morgan fingerprint density at radius 2 is 2.00 bits per heavy atom. The summed E-state index contributed by atoms with van der Waals surface area (Å²) in [6, 6.07) is 8.37. The quantitative estimate of drug-likeness (QED) is 0.605. The number of amides is 2. The van der Waals surface area contributed by atoms with Crippen molar-refractivity contribution < 1.29 is 18.0 Å². The van der Waals surface area contributed by atoms with Gasteiger partial charge in [0.2, 0.25) is 0 Å². The number of carbonyl (C=O) groups is 1. The summed E-state index contributed by atoms with van der Waals surface area (Å²) >= 11 is 1.68. The highest BCUT2D eigenvalue weighted by molar-refractivity contribution is 7.17. The van der Waals surface area contributed by atoms with Gasteiger partial charge >= 0.3 is 12.2 Å². The molecule has 1 saturated heterocycles. The van der Waals surface area contributed by atoms with E-state index < -0.39 is 17.8 Å². The molecule has 2 aliphatic rings. The van der Waals surface area contributed by atoms with E-state index in [9.17, 15) is 18.0 Å². The highest BCUT2D eigenvalue weighted by Crippen LogP contribution is 2.49. The molecular formula is C21H19F3N4OS. The number of halogens is 3. The summed E-state index contributed by atoms with van der Waals surface area (Å²) < 4.78 is 39.5. The number of nitrogens with one attached hydrogen (secondary N) is 2. The summed E-state index contributed by atoms with van der Waals surface area (Å²) in [5, 5.41) is 7.39. The van der Waals surface area contributed by atoms with Gasteiger partial charge in [0, 0.05) is 30.2 Å². The number of fused-ring (bicyclic) bond motifs is 1. The number of hydrogen-bond acceptors (Lipinski definition) is 4. The van der Waals surface area contributed by atoms with Crippen LogP contribution in [-0.4, -0.2) is 30.1 Å². The molecule has 2 fully saturated rings. The van der Waals surface area contributed by atoms with Crippen LogP contribution in [0.25, 0.3) is 10.2 Å². The number of carbonyl (C=O) groups excluding carboxylic acids is 1. The molecule has 30 heavy (non-hydrogen) atoms. The van der Waals surface area contributed by atoms with Crippen LogP contribution in [0, 0.1) is 5.41 Å². The van der Waals surface area contributed by atoms with Crippen molar-refractivity contribution in [2.75, 3.05) is 23.3 Å². The van der Waals surface area contributed by atoms with Crippen LogP contribution < -0.4 is 15.5 Å². The van der Waals surface area contributed by atoms with Crippen LogP contribution in [0.4, 0.5) is 29.3 Å². The molecular weight excluding hydrogens is 413 g/mol. The molecule has 0 atom stereocenters. The highest BCUT2D eigenvalue weighted by atomic mass is 32.1. The Kier molecular flexibility index (Phi) is 4.39. The van der Waals surface area contributed by atoms with Crippen LogP contribution >= 0.6 is 11.3 Å². The third-order valence-corrected chi connectivity index (χ3v) is 6.70. The number of hydrogen-bond donors (Lipinski definition) is 2. The number of pyridine rings is 1. The first-order valence-electron chi connectivity index (χ1n) is 9.63. The second-order valence-electron chi connectivity index (χ2n) is 8.14. The van der Waals surface area contributed by atoms with Gasteiger partial charge in [-0.25, -0.2) is 4.79 Å². The molecule has 1 saturated carbocycles. The van der Waals surface area contributed by atoms with Gasteiger partial charge in [0.15, 0.2) is 0 Å². The van der Waals surface area contributed by atoms with Gasteiger partial charge in [0.25, 0.3) is 0 Å². The van der Waals surface area contributed by atoms with Gasteiger partial charge in [-0.3, -0.25) is 4.98 Å². The van der Waals surface area contributed by atoms with Crippen molar-refractivity contribution in [2.45, 2.75) is 25.1 Å². The Morgan fingerprint density at radius 1 is 1.20 bits per heavy atom. The highest BCUT2D eigenvalue weighted by Gasteiger charge is 2.52. The Bertz CT molecular complexity index is 1100. The minimum Gasteiger partial charge on any atom is -0.369 e. The van der Waals surface area contributed by atoms with E-state index in [1.54, 1.807) is 11.3 Å². The lowest BCUT2D eigenvalue weighted by Gasteiger charge is -2.59. The van der Waals surface area contributed by atoms with Crippen molar-refractivity contribution >= 4 is 39.0 Å². The van der Waals surface area contributed by atoms with E-state index in [4.69, 9.17) is 0 Å². The second-order valence-corrected chi connectivity index (χ2v) is 9.08. The Morgan fingerprint density at radius 3 is 2.77 bits per heavy atom. The van der Waals surface area contributed by atoms with Gasteiger partial charge in [-0.2, -0.15) is 13.2 Å². The van der Waals surface area contributed by atoms with Crippen molar-refractivity contribution in [3.63, 3.8) is 0 Å². The predicted octanol–water partition coefficient (Wildman–Crippen LogP) is 5.11. The van der Waals surface area contributed by atoms with Crippen molar-refractivity contribution in [3.05, 3.63) is 53.5 Å². The first kappa shape index (κ1) is 19.2. The molecule has 1 aliphatic heterocycles. The molecule has 0 radical (unpaired) electrons. The number of aromatic nitrogens is 1. The molecule has 2 amide bonds. The van der Waals surface area contributed by atoms with Gasteiger partial charge in [-0.1, -0.05) is 6.07 Å². The maximum absolute atomic E-state index is 12.8. The van der Waals surface area contributed by atoms with Gasteiger partial charge in [-0.05, 0) is 48.6 Å². The minimum atomic E-state index is -4.44. The van der Waals surface area contributed by atoms with E-state index in [1.807, 2.05) is 17.6 Å². The summed E-state index contributed by atoms with van der Waals surface area (Å²) in [4.78, 5) is 18.9. The Hall–Kier alpha value is -2.81. The normalized spacial score (nSPS) is 18.2. The molecule has 9 heteroatoms. The fourth-order valence-corrected chi connectivity index (χ4v) is 5.20. The monoisotopic (exact) mass is 432 g/mol. The molecule has 2 aromatic heterocycles. The first-order chi connectivity index (χ1) is 14.3. The van der Waals surface area contributed by atoms with Crippen molar-refractivity contribution in [2.24, 2.45) is 5.41 Å². The van der Waals surface area contributed by atoms with E-state index in [2.05, 4.69) is 26.6 Å². The smallest absolute Gasteiger partial charge is 0.369 e. The van der Waals surface area contributed by atoms with Crippen LogP contribution in [0.5, 0.6) is 0 Å². The number of alkyl halides is 3. The summed E-state index contributed by atoms with van der Waals surface area (Å²) in [6.45, 7) is 1.86. The average Bonchev–Trinajstić information content (AvgIpc) is 3.09. The Balaban J connectivity index is 1.11. The molecule has 5 nitrogen and oxygen atoms in total. The lowest BCUT2D eigenvalue weighted by atomic mass is 9.60. The van der Waals surface area contributed by atoms with Crippen LogP contribution in [0.15, 0.2) is 48.0 Å². The summed E-state index contributed by atoms with van der Waals surface area (Å²) in [6.07, 6.45) is -0.796. The summed E-state index contributed by atoms with van der Waals surface area (Å²) in [7, 11) is 0. The number of rotatable bonds is 3. The molecule has 1 aromatic carbocycles. The van der Waals surface area contributed by atoms with E-state index in [-0.39, 0.29) is 17.1 Å². The summed E-state index contributed by atoms with van der Waals surface area (Å²) in [5.41, 5.74) is 1.68. The molecule has 5 rings (SSSR count). The fourth-order valence-electron chi connectivity index (χ4n) is 4.43. The number of anilines is 2. The van der Waals surface area contributed by atoms with E-state index in [0.717, 1.165) is 49.3 Å². The van der Waals surface area contributed by atoms with Gasteiger partial charge in [0.1, 0.15) is 0 Å². The number of thiophene rings is 1. The van der Waals surface area contributed by atoms with Gasteiger partial charge < -0.3 is 15.5 Å². The maximum atomic E-state index is 12.8. The molecule has 1 spiro atoms. The van der Waals surface area contributed by atoms with Gasteiger partial charge in [-0.15, -0.1) is 11.3 Å². The van der Waals surface area contributed by atoms with Crippen LogP contribution in [0.2, 0.25) is 0 Å². The van der Waals surface area contributed by atoms with Crippen LogP contribution in [-0.2, 0) is 6.18 Å². The molecule has 2 N–H and O–H groups in total. The lowest BCUT2D eigenvalue weighted by molar-refractivity contribution is -0.137. The van der Waals surface area contributed by atoms with Crippen molar-refractivity contribution in [1.29, 1.82) is 0 Å². The van der Waals surface area contributed by atoms with E-state index in [1.165, 1.54) is 16.8 Å². The Labute approximate surface area is 174 Å². The first-order valence-corrected chi connectivity index (χ1v) is 10.5. The zero-order valence-corrected chi connectivity index (χ0v) is 16.7. The van der Waals surface area contributed by atoms with E-state index in [0.29, 0.717) is 0 Å². The van der Waals surface area contributed by atoms with Gasteiger partial charge in [0.05, 0.1) is 27.7 Å². The van der Waals surface area contributed by atoms with Crippen LogP contribution in [0.3, 0.4) is 0 Å². The van der Waals surface area contributed by atoms with E-state index >= 15 is 0 Å². The van der Waals surface area contributed by atoms with Crippen molar-refractivity contribution in [1.82, 2.24) is 10.3 Å². The predicted molar refractivity (Wildman–Crippen MR) is 111 cm³/mol. The van der Waals surface area contributed by atoms with Crippen molar-refractivity contribution in [3.8, 4) is 0 Å². The third-order valence-electron chi connectivity index (χ3n) is 5.85. The minimum absolute atomic E-state index is 0.0378. The zero-order valence-electron chi connectivity index (χ0n) is 15.9. The fraction of sp³-hybridized carbons (Fsp3) is 0.333.